The van der Waals surface area contributed by atoms with Crippen molar-refractivity contribution in [1.29, 1.82) is 0 Å². The molecule has 2 aliphatic rings. The van der Waals surface area contributed by atoms with Gasteiger partial charge in [0.05, 0.1) is 64.0 Å². The van der Waals surface area contributed by atoms with E-state index < -0.39 is 85.7 Å². The van der Waals surface area contributed by atoms with E-state index in [9.17, 15) is 39.1 Å². The average molecular weight is 735 g/mol. The zero-order valence-electron chi connectivity index (χ0n) is 28.1. The molecule has 2 aromatic heterocycles. The Bertz CT molecular complexity index is 1690. The SMILES string of the molecule is Cc1cn([C@H]2C[C@H](O[P+]([O-])(OC[C@H]3O[C@@H](n4cc(C)c(=O)[nH]c4=O)C[C@@H]3O)SCCOC(=O)CCC[N+](C)(C)C)[C@@H](CO)O2)c(=O)[nH]c1=O. The first kappa shape index (κ1) is 39.1. The first-order chi connectivity index (χ1) is 23.0. The minimum Gasteiger partial charge on any atom is -0.622 e. The van der Waals surface area contributed by atoms with Crippen LogP contribution in [-0.2, 0) is 28.1 Å². The number of hydrogen-bond acceptors (Lipinski definition) is 14. The Labute approximate surface area is 285 Å². The van der Waals surface area contributed by atoms with E-state index >= 15 is 0 Å². The molecule has 0 bridgehead atoms. The molecule has 0 aliphatic carbocycles. The maximum Gasteiger partial charge on any atom is 0.330 e. The molecule has 1 unspecified atom stereocenters. The number of H-pyrrole nitrogens is 2. The lowest BCUT2D eigenvalue weighted by atomic mass is 10.2. The number of carbonyl (C=O) groups is 1. The first-order valence-electron chi connectivity index (χ1n) is 15.8. The number of aromatic nitrogens is 4. The Morgan fingerprint density at radius 3 is 2.16 bits per heavy atom. The summed E-state index contributed by atoms with van der Waals surface area (Å²) in [7, 11) is 1.85. The summed E-state index contributed by atoms with van der Waals surface area (Å²) < 4.78 is 31.7. The second kappa shape index (κ2) is 16.5. The first-order valence-corrected chi connectivity index (χ1v) is 18.9. The van der Waals surface area contributed by atoms with Crippen molar-refractivity contribution in [3.05, 3.63) is 65.2 Å². The molecule has 4 heterocycles. The molecule has 0 radical (unpaired) electrons. The zero-order valence-corrected chi connectivity index (χ0v) is 29.8. The number of ether oxygens (including phenoxy) is 3. The number of quaternary nitrogens is 1. The van der Waals surface area contributed by atoms with Gasteiger partial charge in [0.1, 0.15) is 44.0 Å². The molecule has 0 spiro atoms. The van der Waals surface area contributed by atoms with Crippen molar-refractivity contribution in [2.24, 2.45) is 0 Å². The van der Waals surface area contributed by atoms with E-state index in [0.29, 0.717) is 10.9 Å². The Morgan fingerprint density at radius 2 is 1.59 bits per heavy atom. The van der Waals surface area contributed by atoms with Gasteiger partial charge in [-0.2, -0.15) is 9.05 Å². The van der Waals surface area contributed by atoms with Crippen molar-refractivity contribution in [3.63, 3.8) is 0 Å². The van der Waals surface area contributed by atoms with E-state index in [4.69, 9.17) is 23.3 Å². The molecule has 2 aromatic rings. The minimum absolute atomic E-state index is 0.000471. The number of rotatable bonds is 16. The van der Waals surface area contributed by atoms with E-state index in [-0.39, 0.29) is 42.7 Å². The highest BCUT2D eigenvalue weighted by atomic mass is 32.7. The highest BCUT2D eigenvalue weighted by Crippen LogP contribution is 2.66. The van der Waals surface area contributed by atoms with Crippen LogP contribution in [0.5, 0.6) is 0 Å². The number of esters is 1. The molecule has 0 aromatic carbocycles. The summed E-state index contributed by atoms with van der Waals surface area (Å²) in [5.41, 5.74) is -2.08. The summed E-state index contributed by atoms with van der Waals surface area (Å²) in [6.07, 6.45) is -2.81. The molecular formula is C29H45N5O13PS+. The van der Waals surface area contributed by atoms with Crippen molar-refractivity contribution in [2.75, 3.05) is 53.3 Å². The lowest BCUT2D eigenvalue weighted by Gasteiger charge is -2.30. The van der Waals surface area contributed by atoms with Crippen LogP contribution in [0.2, 0.25) is 0 Å². The van der Waals surface area contributed by atoms with E-state index in [1.54, 1.807) is 0 Å². The van der Waals surface area contributed by atoms with Gasteiger partial charge in [0.25, 0.3) is 18.3 Å². The molecule has 4 N–H and O–H groups in total. The minimum atomic E-state index is -4.18. The summed E-state index contributed by atoms with van der Waals surface area (Å²) in [5.74, 6) is -0.415. The van der Waals surface area contributed by atoms with E-state index in [1.807, 2.05) is 21.1 Å². The third-order valence-electron chi connectivity index (χ3n) is 7.94. The van der Waals surface area contributed by atoms with E-state index in [2.05, 4.69) is 9.97 Å². The predicted molar refractivity (Wildman–Crippen MR) is 176 cm³/mol. The molecule has 274 valence electrons. The summed E-state index contributed by atoms with van der Waals surface area (Å²) in [6, 6.07) is 0. The molecular weight excluding hydrogens is 689 g/mol. The quantitative estimate of drug-likeness (QED) is 0.0689. The van der Waals surface area contributed by atoms with Crippen molar-refractivity contribution in [3.8, 4) is 0 Å². The monoisotopic (exact) mass is 734 g/mol. The van der Waals surface area contributed by atoms with Crippen LogP contribution in [0.4, 0.5) is 0 Å². The van der Waals surface area contributed by atoms with Crippen LogP contribution in [0.25, 0.3) is 0 Å². The van der Waals surface area contributed by atoms with Gasteiger partial charge < -0.3 is 33.8 Å². The largest absolute Gasteiger partial charge is 0.622 e. The maximum atomic E-state index is 14.2. The van der Waals surface area contributed by atoms with Crippen molar-refractivity contribution in [2.45, 2.75) is 76.4 Å². The Kier molecular flexibility index (Phi) is 13.2. The second-order valence-corrected chi connectivity index (χ2v) is 17.1. The van der Waals surface area contributed by atoms with Gasteiger partial charge in [0.2, 0.25) is 0 Å². The van der Waals surface area contributed by atoms with Gasteiger partial charge in [0, 0.05) is 42.8 Å². The fourth-order valence-corrected chi connectivity index (χ4v) is 8.56. The topological polar surface area (TPSA) is 236 Å². The van der Waals surface area contributed by atoms with Crippen LogP contribution < -0.4 is 27.4 Å². The van der Waals surface area contributed by atoms with Crippen molar-refractivity contribution in [1.82, 2.24) is 19.1 Å². The van der Waals surface area contributed by atoms with Crippen LogP contribution in [0.15, 0.2) is 31.6 Å². The average Bonchev–Trinajstić information content (AvgIpc) is 3.59. The van der Waals surface area contributed by atoms with Gasteiger partial charge in [-0.15, -0.1) is 0 Å². The normalized spacial score (nSPS) is 25.4. The maximum absolute atomic E-state index is 14.2. The number of hydrogen-bond donors (Lipinski definition) is 4. The number of nitrogens with one attached hydrogen (secondary N) is 2. The zero-order chi connectivity index (χ0) is 36.1. The molecule has 2 saturated heterocycles. The number of aliphatic hydroxyl groups is 2. The molecule has 49 heavy (non-hydrogen) atoms. The van der Waals surface area contributed by atoms with Gasteiger partial charge in [-0.1, -0.05) is 0 Å². The van der Waals surface area contributed by atoms with Crippen molar-refractivity contribution < 1.29 is 47.6 Å². The molecule has 20 heteroatoms. The number of aromatic amines is 2. The highest BCUT2D eigenvalue weighted by Gasteiger charge is 2.47. The molecule has 2 aliphatic heterocycles. The van der Waals surface area contributed by atoms with E-state index in [0.717, 1.165) is 27.1 Å². The summed E-state index contributed by atoms with van der Waals surface area (Å²) in [4.78, 5) is 79.4. The molecule has 0 saturated carbocycles. The summed E-state index contributed by atoms with van der Waals surface area (Å²) in [5, 5.41) is 20.8. The molecule has 0 amide bonds. The van der Waals surface area contributed by atoms with E-state index in [1.165, 1.54) is 26.2 Å². The molecule has 18 nitrogen and oxygen atoms in total. The standard InChI is InChI=1S/C29H44N5O13PS/c1-17-13-32(28(40)30-26(17)38)23-11-19(36)22(46-23)16-44-48(42,49-10-9-43-25(37)7-6-8-34(3,4)5)47-20-12-24(45-21(20)15-35)33-14-18(2)27(39)31-29(33)41/h13-14,19-24,35-36H,6-12,15-16H2,1-5H3,(H-,30,31,38,39,40,41)/p+1/t19-,20-,21+,22+,23+,24+,48?/m0/s1. The van der Waals surface area contributed by atoms with Gasteiger partial charge >= 0.3 is 17.3 Å². The Morgan fingerprint density at radius 1 is 1.02 bits per heavy atom. The lowest BCUT2D eigenvalue weighted by molar-refractivity contribution is -0.870. The van der Waals surface area contributed by atoms with Crippen LogP contribution >= 0.6 is 18.5 Å². The van der Waals surface area contributed by atoms with Gasteiger partial charge in [-0.05, 0) is 13.8 Å². The van der Waals surface area contributed by atoms with Gasteiger partial charge in [0.15, 0.2) is 0 Å². The third kappa shape index (κ3) is 10.6. The fourth-order valence-electron chi connectivity index (χ4n) is 5.29. The Hall–Kier alpha value is -2.71. The fraction of sp³-hybridized carbons (Fsp3) is 0.690. The van der Waals surface area contributed by atoms with Crippen LogP contribution in [0, 0.1) is 13.8 Å². The summed E-state index contributed by atoms with van der Waals surface area (Å²) in [6.45, 7) is 2.68. The second-order valence-electron chi connectivity index (χ2n) is 13.0. The van der Waals surface area contributed by atoms with Gasteiger partial charge in [-0.3, -0.25) is 33.5 Å². The smallest absolute Gasteiger partial charge is 0.330 e. The summed E-state index contributed by atoms with van der Waals surface area (Å²) >= 11 is 0.731. The number of aryl methyl sites for hydroxylation is 2. The molecule has 7 atom stereocenters. The van der Waals surface area contributed by atoms with Gasteiger partial charge in [-0.25, -0.2) is 9.59 Å². The molecule has 2 fully saturated rings. The number of aliphatic hydroxyl groups excluding tert-OH is 2. The molecule has 4 rings (SSSR count). The number of nitrogens with zero attached hydrogens (tertiary/aromatic N) is 3. The van der Waals surface area contributed by atoms with Crippen LogP contribution in [0.3, 0.4) is 0 Å². The third-order valence-corrected chi connectivity index (χ3v) is 11.7. The lowest BCUT2D eigenvalue weighted by Crippen LogP contribution is -2.35. The van der Waals surface area contributed by atoms with Crippen LogP contribution in [0.1, 0.15) is 49.3 Å². The predicted octanol–water partition coefficient (Wildman–Crippen LogP) is -1.17. The Balaban J connectivity index is 1.45. The van der Waals surface area contributed by atoms with Crippen molar-refractivity contribution >= 4 is 24.5 Å². The highest BCUT2D eigenvalue weighted by molar-refractivity contribution is 8.57. The number of carbonyl (C=O) groups excluding carboxylic acids is 1. The van der Waals surface area contributed by atoms with Crippen LogP contribution in [-0.4, -0.2) is 117 Å².